The van der Waals surface area contributed by atoms with Crippen molar-refractivity contribution in [1.82, 2.24) is 0 Å². The average molecular weight is 283 g/mol. The molecule has 1 aromatic heterocycles. The monoisotopic (exact) mass is 283 g/mol. The first-order valence-electron chi connectivity index (χ1n) is 8.20. The van der Waals surface area contributed by atoms with E-state index in [0.717, 1.165) is 5.76 Å². The highest BCUT2D eigenvalue weighted by molar-refractivity contribution is 5.46. The fourth-order valence-corrected chi connectivity index (χ4v) is 4.43. The molecule has 4 atom stereocenters. The molecule has 0 bridgehead atoms. The van der Waals surface area contributed by atoms with Crippen molar-refractivity contribution in [2.45, 2.75) is 71.1 Å². The average Bonchev–Trinajstić information content (AvgIpc) is 2.78. The minimum atomic E-state index is 0.396. The van der Waals surface area contributed by atoms with E-state index in [1.54, 1.807) is 0 Å². The molecule has 1 aromatic rings. The van der Waals surface area contributed by atoms with Gasteiger partial charge in [-0.3, -0.25) is 0 Å². The quantitative estimate of drug-likeness (QED) is 0.680. The van der Waals surface area contributed by atoms with E-state index in [1.807, 2.05) is 0 Å². The molecule has 0 radical (unpaired) electrons. The number of nitriles is 1. The molecule has 0 saturated carbocycles. The molecular weight excluding hydrogens is 258 g/mol. The lowest BCUT2D eigenvalue weighted by molar-refractivity contribution is 0.313. The Balaban J connectivity index is 2.17. The third-order valence-electron chi connectivity index (χ3n) is 5.29. The molecule has 2 nitrogen and oxygen atoms in total. The van der Waals surface area contributed by atoms with Gasteiger partial charge in [0.1, 0.15) is 11.5 Å². The summed E-state index contributed by atoms with van der Waals surface area (Å²) in [6, 6.07) is 2.28. The Morgan fingerprint density at radius 2 is 2.05 bits per heavy atom. The largest absolute Gasteiger partial charge is 0.464 e. The van der Waals surface area contributed by atoms with Crippen LogP contribution in [-0.4, -0.2) is 0 Å². The molecule has 0 amide bonds. The highest BCUT2D eigenvalue weighted by Crippen LogP contribution is 2.54. The fourth-order valence-electron chi connectivity index (χ4n) is 4.43. The van der Waals surface area contributed by atoms with E-state index in [4.69, 9.17) is 9.68 Å². The van der Waals surface area contributed by atoms with E-state index < -0.39 is 0 Å². The van der Waals surface area contributed by atoms with Crippen molar-refractivity contribution in [3.63, 3.8) is 0 Å². The molecule has 1 heterocycles. The van der Waals surface area contributed by atoms with Gasteiger partial charge in [0, 0.05) is 17.0 Å². The molecule has 0 spiro atoms. The van der Waals surface area contributed by atoms with E-state index in [-0.39, 0.29) is 0 Å². The Hall–Kier alpha value is -1.49. The van der Waals surface area contributed by atoms with Crippen molar-refractivity contribution in [3.8, 4) is 6.07 Å². The van der Waals surface area contributed by atoms with Crippen LogP contribution in [0.2, 0.25) is 0 Å². The highest BCUT2D eigenvalue weighted by Gasteiger charge is 2.41. The molecule has 0 unspecified atom stereocenters. The summed E-state index contributed by atoms with van der Waals surface area (Å²) in [4.78, 5) is 0. The van der Waals surface area contributed by atoms with Gasteiger partial charge in [-0.05, 0) is 50.9 Å². The van der Waals surface area contributed by atoms with Gasteiger partial charge >= 0.3 is 0 Å². The van der Waals surface area contributed by atoms with Crippen LogP contribution in [0.25, 0.3) is 0 Å². The molecular formula is C19H25NO. The van der Waals surface area contributed by atoms with Crippen LogP contribution in [0.1, 0.15) is 87.4 Å². The summed E-state index contributed by atoms with van der Waals surface area (Å²) < 4.78 is 6.24. The van der Waals surface area contributed by atoms with Gasteiger partial charge in [-0.2, -0.15) is 5.26 Å². The molecule has 112 valence electrons. The first kappa shape index (κ1) is 14.4. The molecule has 0 saturated heterocycles. The van der Waals surface area contributed by atoms with Crippen LogP contribution >= 0.6 is 0 Å². The molecule has 0 fully saturated rings. The van der Waals surface area contributed by atoms with Gasteiger partial charge in [-0.1, -0.05) is 25.5 Å². The second-order valence-corrected chi connectivity index (χ2v) is 7.20. The van der Waals surface area contributed by atoms with Crippen LogP contribution in [0.3, 0.4) is 0 Å². The minimum absolute atomic E-state index is 0.396. The predicted octanol–water partition coefficient (Wildman–Crippen LogP) is 5.42. The summed E-state index contributed by atoms with van der Waals surface area (Å²) in [5, 5.41) is 9.11. The first-order valence-corrected chi connectivity index (χ1v) is 8.20. The van der Waals surface area contributed by atoms with Gasteiger partial charge in [0.2, 0.25) is 0 Å². The number of allylic oxidation sites excluding steroid dienone is 2. The van der Waals surface area contributed by atoms with Crippen molar-refractivity contribution in [2.24, 2.45) is 5.92 Å². The molecule has 2 aliphatic rings. The lowest BCUT2D eigenvalue weighted by Gasteiger charge is -2.37. The number of hydrogen-bond acceptors (Lipinski definition) is 2. The van der Waals surface area contributed by atoms with Crippen molar-refractivity contribution in [1.29, 1.82) is 5.26 Å². The molecule has 0 aliphatic heterocycles. The SMILES string of the molecule is CC(C)=C[C@@H]1C[C@H](C)[C@H]2CC[C@H](C)c3c(CC#N)oc1c32. The van der Waals surface area contributed by atoms with E-state index in [2.05, 4.69) is 39.8 Å². The second kappa shape index (κ2) is 5.37. The Labute approximate surface area is 127 Å². The van der Waals surface area contributed by atoms with Crippen LogP contribution in [0.15, 0.2) is 16.1 Å². The van der Waals surface area contributed by atoms with Crippen molar-refractivity contribution >= 4 is 0 Å². The number of rotatable bonds is 2. The van der Waals surface area contributed by atoms with E-state index in [0.29, 0.717) is 30.1 Å². The molecule has 0 N–H and O–H groups in total. The van der Waals surface area contributed by atoms with Gasteiger partial charge in [-0.15, -0.1) is 0 Å². The maximum absolute atomic E-state index is 9.11. The smallest absolute Gasteiger partial charge is 0.122 e. The molecule has 2 aliphatic carbocycles. The maximum atomic E-state index is 9.11. The van der Waals surface area contributed by atoms with Crippen LogP contribution in [0, 0.1) is 17.2 Å². The third-order valence-corrected chi connectivity index (χ3v) is 5.29. The van der Waals surface area contributed by atoms with E-state index in [1.165, 1.54) is 41.7 Å². The molecule has 2 heteroatoms. The second-order valence-electron chi connectivity index (χ2n) is 7.20. The number of furan rings is 1. The zero-order chi connectivity index (χ0) is 15.1. The van der Waals surface area contributed by atoms with Gasteiger partial charge < -0.3 is 4.42 Å². The number of hydrogen-bond donors (Lipinski definition) is 0. The zero-order valence-electron chi connectivity index (χ0n) is 13.6. The van der Waals surface area contributed by atoms with E-state index in [9.17, 15) is 0 Å². The Morgan fingerprint density at radius 3 is 2.71 bits per heavy atom. The Kier molecular flexibility index (Phi) is 3.69. The van der Waals surface area contributed by atoms with Crippen LogP contribution < -0.4 is 0 Å². The minimum Gasteiger partial charge on any atom is -0.464 e. The van der Waals surface area contributed by atoms with Crippen LogP contribution in [0.5, 0.6) is 0 Å². The molecule has 0 aromatic carbocycles. The Morgan fingerprint density at radius 1 is 1.29 bits per heavy atom. The fraction of sp³-hybridized carbons (Fsp3) is 0.632. The van der Waals surface area contributed by atoms with Crippen molar-refractivity contribution in [3.05, 3.63) is 34.3 Å². The summed E-state index contributed by atoms with van der Waals surface area (Å²) in [7, 11) is 0. The standard InChI is InChI=1S/C19H25NO/c1-11(2)9-14-10-13(4)15-6-5-12(3)17-16(7-8-20)21-19(14)18(15)17/h9,12-15H,5-7,10H2,1-4H3/t12-,13-,14+,15+/m0/s1. The third kappa shape index (κ3) is 2.33. The molecule has 21 heavy (non-hydrogen) atoms. The predicted molar refractivity (Wildman–Crippen MR) is 84.4 cm³/mol. The summed E-state index contributed by atoms with van der Waals surface area (Å²) in [5.41, 5.74) is 4.20. The van der Waals surface area contributed by atoms with E-state index >= 15 is 0 Å². The Bertz CT molecular complexity index is 612. The first-order chi connectivity index (χ1) is 10.0. The number of nitrogens with zero attached hydrogens (tertiary/aromatic N) is 1. The van der Waals surface area contributed by atoms with Crippen molar-refractivity contribution in [2.75, 3.05) is 0 Å². The highest BCUT2D eigenvalue weighted by atomic mass is 16.3. The molecule has 3 rings (SSSR count). The normalized spacial score (nSPS) is 30.4. The van der Waals surface area contributed by atoms with Crippen LogP contribution in [0.4, 0.5) is 0 Å². The van der Waals surface area contributed by atoms with Gasteiger partial charge in [0.25, 0.3) is 0 Å². The topological polar surface area (TPSA) is 36.9 Å². The van der Waals surface area contributed by atoms with Crippen molar-refractivity contribution < 1.29 is 4.42 Å². The van der Waals surface area contributed by atoms with Crippen LogP contribution in [-0.2, 0) is 6.42 Å². The lowest BCUT2D eigenvalue weighted by atomic mass is 9.66. The summed E-state index contributed by atoms with van der Waals surface area (Å²) in [5.74, 6) is 4.40. The summed E-state index contributed by atoms with van der Waals surface area (Å²) in [6.45, 7) is 8.99. The summed E-state index contributed by atoms with van der Waals surface area (Å²) >= 11 is 0. The van der Waals surface area contributed by atoms with Gasteiger partial charge in [0.15, 0.2) is 0 Å². The summed E-state index contributed by atoms with van der Waals surface area (Å²) in [6.07, 6.45) is 6.44. The lowest BCUT2D eigenvalue weighted by Crippen LogP contribution is -2.25. The maximum Gasteiger partial charge on any atom is 0.122 e. The zero-order valence-corrected chi connectivity index (χ0v) is 13.6. The van der Waals surface area contributed by atoms with Gasteiger partial charge in [0.05, 0.1) is 12.5 Å². The van der Waals surface area contributed by atoms with Gasteiger partial charge in [-0.25, -0.2) is 0 Å².